The van der Waals surface area contributed by atoms with E-state index in [1.54, 1.807) is 0 Å². The molecule has 0 aromatic heterocycles. The lowest BCUT2D eigenvalue weighted by Crippen LogP contribution is -2.44. The first-order valence-corrected chi connectivity index (χ1v) is 2.45. The lowest BCUT2D eigenvalue weighted by molar-refractivity contribution is -0.129. The zero-order valence-electron chi connectivity index (χ0n) is 4.35. The van der Waals surface area contributed by atoms with Crippen LogP contribution in [0.4, 0.5) is 0 Å². The van der Waals surface area contributed by atoms with Gasteiger partial charge >= 0.3 is 0 Å². The van der Waals surface area contributed by atoms with Crippen LogP contribution in [0.3, 0.4) is 0 Å². The average molecular weight is 101 g/mol. The molecule has 1 fully saturated rings. The minimum atomic E-state index is -0.583. The van der Waals surface area contributed by atoms with E-state index in [1.165, 1.54) is 6.61 Å². The average Bonchev–Trinajstić information content (AvgIpc) is 1.61. The van der Waals surface area contributed by atoms with Gasteiger partial charge in [-0.05, 0) is 6.42 Å². The van der Waals surface area contributed by atoms with Crippen molar-refractivity contribution in [2.45, 2.75) is 18.9 Å². The zero-order valence-corrected chi connectivity index (χ0v) is 4.35. The Hall–Kier alpha value is -0.0800. The molecule has 1 unspecified atom stereocenters. The molecule has 0 aromatic carbocycles. The SMILES string of the molecule is CCC1(O)[CH]OC1. The summed E-state index contributed by atoms with van der Waals surface area (Å²) in [6.45, 7) is 3.88. The van der Waals surface area contributed by atoms with Gasteiger partial charge < -0.3 is 9.84 Å². The van der Waals surface area contributed by atoms with Crippen LogP contribution in [0.15, 0.2) is 0 Å². The molecule has 1 heterocycles. The Bertz CT molecular complexity index is 61.0. The van der Waals surface area contributed by atoms with Crippen LogP contribution in [0.1, 0.15) is 13.3 Å². The van der Waals surface area contributed by atoms with E-state index in [1.807, 2.05) is 6.92 Å². The molecule has 0 spiro atoms. The van der Waals surface area contributed by atoms with Crippen molar-refractivity contribution in [3.8, 4) is 0 Å². The number of hydrogen-bond acceptors (Lipinski definition) is 2. The molecule has 0 aliphatic carbocycles. The van der Waals surface area contributed by atoms with E-state index in [9.17, 15) is 0 Å². The van der Waals surface area contributed by atoms with E-state index in [4.69, 9.17) is 5.11 Å². The Morgan fingerprint density at radius 2 is 2.57 bits per heavy atom. The molecule has 1 aliphatic rings. The molecular weight excluding hydrogens is 92.1 g/mol. The molecule has 0 bridgehead atoms. The van der Waals surface area contributed by atoms with Crippen molar-refractivity contribution < 1.29 is 9.84 Å². The van der Waals surface area contributed by atoms with Crippen LogP contribution in [0.25, 0.3) is 0 Å². The molecule has 0 saturated carbocycles. The molecular formula is C5H9O2. The highest BCUT2D eigenvalue weighted by Gasteiger charge is 2.34. The van der Waals surface area contributed by atoms with Gasteiger partial charge in [0.05, 0.1) is 6.61 Å². The molecule has 0 amide bonds. The Kier molecular flexibility index (Phi) is 1.05. The second kappa shape index (κ2) is 1.46. The summed E-state index contributed by atoms with van der Waals surface area (Å²) >= 11 is 0. The van der Waals surface area contributed by atoms with Gasteiger partial charge in [0.25, 0.3) is 0 Å². The largest absolute Gasteiger partial charge is 0.385 e. The van der Waals surface area contributed by atoms with Gasteiger partial charge in [0, 0.05) is 0 Å². The van der Waals surface area contributed by atoms with Gasteiger partial charge in [-0.1, -0.05) is 6.92 Å². The van der Waals surface area contributed by atoms with Gasteiger partial charge in [-0.2, -0.15) is 0 Å². The molecule has 2 nitrogen and oxygen atoms in total. The lowest BCUT2D eigenvalue weighted by atomic mass is 10.00. The molecule has 1 rings (SSSR count). The van der Waals surface area contributed by atoms with Crippen LogP contribution >= 0.6 is 0 Å². The van der Waals surface area contributed by atoms with Gasteiger partial charge in [-0.3, -0.25) is 0 Å². The van der Waals surface area contributed by atoms with Crippen LogP contribution in [0, 0.1) is 6.61 Å². The monoisotopic (exact) mass is 101 g/mol. The van der Waals surface area contributed by atoms with E-state index in [2.05, 4.69) is 4.74 Å². The zero-order chi connectivity index (χ0) is 5.33. The topological polar surface area (TPSA) is 29.5 Å². The molecule has 0 aromatic rings. The van der Waals surface area contributed by atoms with Crippen molar-refractivity contribution >= 4 is 0 Å². The van der Waals surface area contributed by atoms with Crippen molar-refractivity contribution in [3.05, 3.63) is 6.61 Å². The van der Waals surface area contributed by atoms with Crippen molar-refractivity contribution in [3.63, 3.8) is 0 Å². The highest BCUT2D eigenvalue weighted by molar-refractivity contribution is 4.93. The lowest BCUT2D eigenvalue weighted by Gasteiger charge is -2.34. The highest BCUT2D eigenvalue weighted by atomic mass is 16.5. The first-order valence-electron chi connectivity index (χ1n) is 2.45. The fraction of sp³-hybridized carbons (Fsp3) is 0.800. The molecule has 41 valence electrons. The summed E-state index contributed by atoms with van der Waals surface area (Å²) in [4.78, 5) is 0. The summed E-state index contributed by atoms with van der Waals surface area (Å²) in [5.74, 6) is 0. The first-order chi connectivity index (χ1) is 3.27. The third kappa shape index (κ3) is 0.763. The molecule has 1 radical (unpaired) electrons. The number of rotatable bonds is 1. The Balaban J connectivity index is 2.29. The predicted molar refractivity (Wildman–Crippen MR) is 25.5 cm³/mol. The number of aliphatic hydroxyl groups is 1. The van der Waals surface area contributed by atoms with Crippen molar-refractivity contribution in [2.75, 3.05) is 6.61 Å². The fourth-order valence-electron chi connectivity index (χ4n) is 0.461. The van der Waals surface area contributed by atoms with Gasteiger partial charge in [0.2, 0.25) is 0 Å². The summed E-state index contributed by atoms with van der Waals surface area (Å²) in [5, 5.41) is 9.04. The van der Waals surface area contributed by atoms with Gasteiger partial charge in [-0.15, -0.1) is 0 Å². The molecule has 2 heteroatoms. The van der Waals surface area contributed by atoms with E-state index in [-0.39, 0.29) is 0 Å². The number of ether oxygens (including phenoxy) is 1. The molecule has 1 N–H and O–H groups in total. The molecule has 1 aliphatic heterocycles. The maximum absolute atomic E-state index is 9.04. The van der Waals surface area contributed by atoms with Crippen molar-refractivity contribution in [1.82, 2.24) is 0 Å². The second-order valence-corrected chi connectivity index (χ2v) is 1.89. The Morgan fingerprint density at radius 1 is 2.00 bits per heavy atom. The summed E-state index contributed by atoms with van der Waals surface area (Å²) < 4.78 is 4.65. The van der Waals surface area contributed by atoms with Gasteiger partial charge in [0.15, 0.2) is 0 Å². The number of hydrogen-bond donors (Lipinski definition) is 1. The Labute approximate surface area is 43.1 Å². The minimum absolute atomic E-state index is 0.476. The van der Waals surface area contributed by atoms with Crippen molar-refractivity contribution in [1.29, 1.82) is 0 Å². The quantitative estimate of drug-likeness (QED) is 0.515. The predicted octanol–water partition coefficient (Wildman–Crippen LogP) is 0.319. The maximum atomic E-state index is 9.04. The van der Waals surface area contributed by atoms with E-state index in [0.717, 1.165) is 6.42 Å². The molecule has 1 saturated heterocycles. The van der Waals surface area contributed by atoms with Crippen LogP contribution < -0.4 is 0 Å². The highest BCUT2D eigenvalue weighted by Crippen LogP contribution is 2.23. The Morgan fingerprint density at radius 3 is 2.57 bits per heavy atom. The first kappa shape index (κ1) is 5.06. The molecule has 1 atom stereocenters. The molecule has 7 heavy (non-hydrogen) atoms. The van der Waals surface area contributed by atoms with E-state index >= 15 is 0 Å². The van der Waals surface area contributed by atoms with Gasteiger partial charge in [0.1, 0.15) is 12.2 Å². The fourth-order valence-corrected chi connectivity index (χ4v) is 0.461. The van der Waals surface area contributed by atoms with Crippen LogP contribution in [-0.2, 0) is 4.74 Å². The minimum Gasteiger partial charge on any atom is -0.385 e. The summed E-state index contributed by atoms with van der Waals surface area (Å²) in [6, 6.07) is 0. The standard InChI is InChI=1S/C5H9O2/c1-2-5(6)3-7-4-5/h3,6H,2,4H2,1H3. The third-order valence-electron chi connectivity index (χ3n) is 1.25. The second-order valence-electron chi connectivity index (χ2n) is 1.89. The van der Waals surface area contributed by atoms with Crippen LogP contribution in [0.5, 0.6) is 0 Å². The third-order valence-corrected chi connectivity index (χ3v) is 1.25. The van der Waals surface area contributed by atoms with E-state index in [0.29, 0.717) is 6.61 Å². The normalized spacial score (nSPS) is 26.6. The summed E-state index contributed by atoms with van der Waals surface area (Å²) in [6.07, 6.45) is 0.757. The summed E-state index contributed by atoms with van der Waals surface area (Å²) in [5.41, 5.74) is -0.583. The van der Waals surface area contributed by atoms with E-state index < -0.39 is 5.60 Å². The van der Waals surface area contributed by atoms with Crippen LogP contribution in [0.2, 0.25) is 0 Å². The smallest absolute Gasteiger partial charge is 0.118 e. The van der Waals surface area contributed by atoms with Crippen molar-refractivity contribution in [2.24, 2.45) is 0 Å². The maximum Gasteiger partial charge on any atom is 0.118 e. The summed E-state index contributed by atoms with van der Waals surface area (Å²) in [7, 11) is 0. The van der Waals surface area contributed by atoms with Crippen LogP contribution in [-0.4, -0.2) is 17.3 Å². The van der Waals surface area contributed by atoms with Gasteiger partial charge in [-0.25, -0.2) is 0 Å².